The highest BCUT2D eigenvalue weighted by molar-refractivity contribution is 5.80. The maximum Gasteiger partial charge on any atom is 0.313 e. The first-order valence-corrected chi connectivity index (χ1v) is 6.03. The van der Waals surface area contributed by atoms with Gasteiger partial charge in [-0.15, -0.1) is 0 Å². The van der Waals surface area contributed by atoms with Gasteiger partial charge in [0.2, 0.25) is 0 Å². The summed E-state index contributed by atoms with van der Waals surface area (Å²) in [5, 5.41) is 0. The Labute approximate surface area is 106 Å². The lowest BCUT2D eigenvalue weighted by molar-refractivity contribution is -0.148. The molecule has 1 aromatic rings. The third kappa shape index (κ3) is 2.53. The molecule has 4 heteroatoms. The quantitative estimate of drug-likeness (QED) is 0.455. The summed E-state index contributed by atoms with van der Waals surface area (Å²) in [4.78, 5) is 22.1. The van der Waals surface area contributed by atoms with Crippen LogP contribution in [0.25, 0.3) is 0 Å². The second-order valence-corrected chi connectivity index (χ2v) is 4.32. The molecule has 1 aliphatic rings. The first-order chi connectivity index (χ1) is 8.76. The molecular weight excluding hydrogens is 232 g/mol. The molecule has 0 radical (unpaired) electrons. The Morgan fingerprint density at radius 2 is 2.33 bits per heavy atom. The number of rotatable bonds is 5. The Hall–Kier alpha value is -1.84. The van der Waals surface area contributed by atoms with Crippen molar-refractivity contribution in [2.24, 2.45) is 0 Å². The van der Waals surface area contributed by atoms with Crippen molar-refractivity contribution >= 4 is 12.3 Å². The largest absolute Gasteiger partial charge is 0.497 e. The fourth-order valence-corrected chi connectivity index (χ4v) is 2.21. The van der Waals surface area contributed by atoms with Gasteiger partial charge in [0.25, 0.3) is 0 Å². The fourth-order valence-electron chi connectivity index (χ4n) is 2.21. The number of ether oxygens (including phenoxy) is 2. The van der Waals surface area contributed by atoms with Gasteiger partial charge >= 0.3 is 5.97 Å². The number of fused-ring (bicyclic) bond motifs is 1. The summed E-state index contributed by atoms with van der Waals surface area (Å²) in [5.74, 6) is 0.259. The predicted molar refractivity (Wildman–Crippen MR) is 65.4 cm³/mol. The number of hydrogen-bond acceptors (Lipinski definition) is 4. The first-order valence-electron chi connectivity index (χ1n) is 6.03. The molecule has 1 aromatic carbocycles. The molecule has 1 heterocycles. The van der Waals surface area contributed by atoms with Crippen LogP contribution in [0, 0.1) is 0 Å². The summed E-state index contributed by atoms with van der Waals surface area (Å²) >= 11 is 0. The Bertz CT molecular complexity index is 453. The third-order valence-electron chi connectivity index (χ3n) is 3.20. The molecule has 0 aliphatic carbocycles. The van der Waals surface area contributed by atoms with E-state index in [0.29, 0.717) is 25.9 Å². The topological polar surface area (TPSA) is 52.6 Å². The zero-order valence-electron chi connectivity index (χ0n) is 10.3. The number of aldehydes is 1. The molecule has 0 saturated carbocycles. The SMILES string of the molecule is COc1ccc2c(c1)C(CCCC=O)C(=O)OC2. The second kappa shape index (κ2) is 5.67. The average molecular weight is 248 g/mol. The molecule has 0 saturated heterocycles. The van der Waals surface area contributed by atoms with Crippen LogP contribution in [0.4, 0.5) is 0 Å². The highest BCUT2D eigenvalue weighted by Crippen LogP contribution is 2.33. The van der Waals surface area contributed by atoms with Gasteiger partial charge in [0.15, 0.2) is 0 Å². The number of methoxy groups -OCH3 is 1. The number of carbonyl (C=O) groups is 2. The summed E-state index contributed by atoms with van der Waals surface area (Å²) in [6.45, 7) is 0.322. The van der Waals surface area contributed by atoms with Crippen molar-refractivity contribution in [1.29, 1.82) is 0 Å². The van der Waals surface area contributed by atoms with Gasteiger partial charge in [-0.25, -0.2) is 0 Å². The van der Waals surface area contributed by atoms with Crippen LogP contribution in [0.2, 0.25) is 0 Å². The molecular formula is C14H16O4. The van der Waals surface area contributed by atoms with Gasteiger partial charge < -0.3 is 14.3 Å². The van der Waals surface area contributed by atoms with Crippen LogP contribution in [0.5, 0.6) is 5.75 Å². The first kappa shape index (κ1) is 12.6. The van der Waals surface area contributed by atoms with Crippen molar-refractivity contribution in [2.45, 2.75) is 31.8 Å². The lowest BCUT2D eigenvalue weighted by atomic mass is 9.88. The number of benzene rings is 1. The molecule has 4 nitrogen and oxygen atoms in total. The van der Waals surface area contributed by atoms with Crippen LogP contribution in [0.3, 0.4) is 0 Å². The summed E-state index contributed by atoms with van der Waals surface area (Å²) in [7, 11) is 1.60. The number of carbonyl (C=O) groups excluding carboxylic acids is 2. The molecule has 2 rings (SSSR count). The maximum atomic E-state index is 11.8. The van der Waals surface area contributed by atoms with E-state index in [9.17, 15) is 9.59 Å². The predicted octanol–water partition coefficient (Wildman–Crippen LogP) is 2.20. The summed E-state index contributed by atoms with van der Waals surface area (Å²) in [6.07, 6.45) is 2.68. The molecule has 18 heavy (non-hydrogen) atoms. The van der Waals surface area contributed by atoms with E-state index in [1.807, 2.05) is 18.2 Å². The molecule has 1 aliphatic heterocycles. The van der Waals surface area contributed by atoms with E-state index in [4.69, 9.17) is 9.47 Å². The fraction of sp³-hybridized carbons (Fsp3) is 0.429. The summed E-state index contributed by atoms with van der Waals surface area (Å²) in [6, 6.07) is 5.68. The summed E-state index contributed by atoms with van der Waals surface area (Å²) < 4.78 is 10.3. The van der Waals surface area contributed by atoms with Crippen molar-refractivity contribution in [3.8, 4) is 5.75 Å². The van der Waals surface area contributed by atoms with E-state index in [2.05, 4.69) is 0 Å². The minimum atomic E-state index is -0.274. The zero-order chi connectivity index (χ0) is 13.0. The Balaban J connectivity index is 2.24. The Kier molecular flexibility index (Phi) is 3.97. The van der Waals surface area contributed by atoms with E-state index in [0.717, 1.165) is 23.2 Å². The third-order valence-corrected chi connectivity index (χ3v) is 3.20. The molecule has 0 bridgehead atoms. The van der Waals surface area contributed by atoms with Crippen molar-refractivity contribution in [2.75, 3.05) is 7.11 Å². The molecule has 0 amide bonds. The van der Waals surface area contributed by atoms with Crippen LogP contribution in [0.1, 0.15) is 36.3 Å². The molecule has 1 unspecified atom stereocenters. The van der Waals surface area contributed by atoms with Gasteiger partial charge in [0, 0.05) is 6.42 Å². The van der Waals surface area contributed by atoms with E-state index < -0.39 is 0 Å². The highest BCUT2D eigenvalue weighted by atomic mass is 16.5. The van der Waals surface area contributed by atoms with Crippen LogP contribution in [-0.2, 0) is 20.9 Å². The van der Waals surface area contributed by atoms with Gasteiger partial charge in [0.1, 0.15) is 18.6 Å². The molecule has 0 aromatic heterocycles. The van der Waals surface area contributed by atoms with E-state index >= 15 is 0 Å². The molecule has 0 fully saturated rings. The standard InChI is InChI=1S/C14H16O4/c1-17-11-6-5-10-9-18-14(16)12(13(10)8-11)4-2-3-7-15/h5-8,12H,2-4,9H2,1H3. The molecule has 0 spiro atoms. The summed E-state index contributed by atoms with van der Waals surface area (Å²) in [5.41, 5.74) is 1.99. The monoisotopic (exact) mass is 248 g/mol. The van der Waals surface area contributed by atoms with Crippen LogP contribution in [-0.4, -0.2) is 19.4 Å². The van der Waals surface area contributed by atoms with Gasteiger partial charge in [0.05, 0.1) is 13.0 Å². The average Bonchev–Trinajstić information content (AvgIpc) is 2.41. The van der Waals surface area contributed by atoms with Crippen LogP contribution in [0.15, 0.2) is 18.2 Å². The van der Waals surface area contributed by atoms with Crippen molar-refractivity contribution in [3.05, 3.63) is 29.3 Å². The van der Waals surface area contributed by atoms with Crippen molar-refractivity contribution in [3.63, 3.8) is 0 Å². The number of hydrogen-bond donors (Lipinski definition) is 0. The van der Waals surface area contributed by atoms with Gasteiger partial charge in [-0.2, -0.15) is 0 Å². The minimum Gasteiger partial charge on any atom is -0.497 e. The molecule has 0 N–H and O–H groups in total. The highest BCUT2D eigenvalue weighted by Gasteiger charge is 2.29. The van der Waals surface area contributed by atoms with E-state index in [1.54, 1.807) is 7.11 Å². The van der Waals surface area contributed by atoms with Gasteiger partial charge in [-0.3, -0.25) is 4.79 Å². The molecule has 1 atom stereocenters. The van der Waals surface area contributed by atoms with E-state index in [-0.39, 0.29) is 11.9 Å². The normalized spacial score (nSPS) is 17.8. The van der Waals surface area contributed by atoms with E-state index in [1.165, 1.54) is 0 Å². The van der Waals surface area contributed by atoms with Crippen molar-refractivity contribution < 1.29 is 19.1 Å². The lowest BCUT2D eigenvalue weighted by Crippen LogP contribution is -2.23. The number of cyclic esters (lactones) is 1. The zero-order valence-corrected chi connectivity index (χ0v) is 10.3. The maximum absolute atomic E-state index is 11.8. The molecule has 96 valence electrons. The van der Waals surface area contributed by atoms with Crippen LogP contribution < -0.4 is 4.74 Å². The smallest absolute Gasteiger partial charge is 0.313 e. The van der Waals surface area contributed by atoms with Crippen molar-refractivity contribution in [1.82, 2.24) is 0 Å². The minimum absolute atomic E-state index is 0.207. The number of esters is 1. The van der Waals surface area contributed by atoms with Gasteiger partial charge in [-0.05, 0) is 36.1 Å². The van der Waals surface area contributed by atoms with Gasteiger partial charge in [-0.1, -0.05) is 6.07 Å². The lowest BCUT2D eigenvalue weighted by Gasteiger charge is -2.24. The number of unbranched alkanes of at least 4 members (excludes halogenated alkanes) is 1. The van der Waals surface area contributed by atoms with Crippen LogP contribution >= 0.6 is 0 Å². The second-order valence-electron chi connectivity index (χ2n) is 4.32. The Morgan fingerprint density at radius 1 is 1.50 bits per heavy atom. The Morgan fingerprint density at radius 3 is 3.06 bits per heavy atom.